The zero-order valence-electron chi connectivity index (χ0n) is 7.25. The lowest BCUT2D eigenvalue weighted by atomic mass is 10.0. The summed E-state index contributed by atoms with van der Waals surface area (Å²) in [5, 5.41) is 0. The van der Waals surface area contributed by atoms with Gasteiger partial charge in [-0.25, -0.2) is 0 Å². The van der Waals surface area contributed by atoms with Gasteiger partial charge in [0.1, 0.15) is 0 Å². The molecular weight excluding hydrogens is 138 g/mol. The first-order chi connectivity index (χ1) is 5.36. The fourth-order valence-corrected chi connectivity index (χ4v) is 1.86. The van der Waals surface area contributed by atoms with Gasteiger partial charge in [0.25, 0.3) is 0 Å². The van der Waals surface area contributed by atoms with E-state index in [1.54, 1.807) is 0 Å². The molecule has 0 aliphatic carbocycles. The van der Waals surface area contributed by atoms with Crippen LogP contribution in [-0.2, 0) is 4.74 Å². The lowest BCUT2D eigenvalue weighted by Crippen LogP contribution is -2.39. The number of nitrogens with zero attached hydrogens (tertiary/aromatic N) is 1. The second kappa shape index (κ2) is 3.11. The summed E-state index contributed by atoms with van der Waals surface area (Å²) in [4.78, 5) is 2.57. The highest BCUT2D eigenvalue weighted by Crippen LogP contribution is 2.19. The lowest BCUT2D eigenvalue weighted by Gasteiger charge is -2.32. The van der Waals surface area contributed by atoms with Gasteiger partial charge in [-0.05, 0) is 26.3 Å². The molecule has 2 rings (SSSR count). The van der Waals surface area contributed by atoms with Crippen LogP contribution >= 0.6 is 0 Å². The van der Waals surface area contributed by atoms with Crippen LogP contribution in [0.3, 0.4) is 0 Å². The zero-order chi connectivity index (χ0) is 7.68. The smallest absolute Gasteiger partial charge is 0.0936 e. The maximum Gasteiger partial charge on any atom is 0.0936 e. The van der Waals surface area contributed by atoms with E-state index in [9.17, 15) is 0 Å². The quantitative estimate of drug-likeness (QED) is 0.558. The van der Waals surface area contributed by atoms with Crippen molar-refractivity contribution in [2.45, 2.75) is 38.3 Å². The van der Waals surface area contributed by atoms with Crippen LogP contribution in [0.25, 0.3) is 0 Å². The SMILES string of the molecule is C[C@@H]1CCCCN1C[C@H]1CO1. The van der Waals surface area contributed by atoms with Crippen molar-refractivity contribution in [2.75, 3.05) is 19.7 Å². The van der Waals surface area contributed by atoms with Gasteiger partial charge < -0.3 is 4.74 Å². The van der Waals surface area contributed by atoms with Gasteiger partial charge in [0.15, 0.2) is 0 Å². The summed E-state index contributed by atoms with van der Waals surface area (Å²) in [6, 6.07) is 0.799. The zero-order valence-corrected chi connectivity index (χ0v) is 7.25. The maximum atomic E-state index is 5.22. The van der Waals surface area contributed by atoms with Gasteiger partial charge in [0, 0.05) is 12.6 Å². The fraction of sp³-hybridized carbons (Fsp3) is 1.00. The third-order valence-electron chi connectivity index (χ3n) is 2.78. The van der Waals surface area contributed by atoms with Crippen LogP contribution in [0.4, 0.5) is 0 Å². The molecule has 64 valence electrons. The molecule has 0 aromatic carbocycles. The Bertz CT molecular complexity index is 134. The van der Waals surface area contributed by atoms with E-state index < -0.39 is 0 Å². The summed E-state index contributed by atoms with van der Waals surface area (Å²) in [6.07, 6.45) is 4.77. The topological polar surface area (TPSA) is 15.8 Å². The molecular formula is C9H17NO. The Morgan fingerprint density at radius 1 is 1.45 bits per heavy atom. The molecule has 0 bridgehead atoms. The Labute approximate surface area is 68.5 Å². The Hall–Kier alpha value is -0.0800. The molecule has 2 saturated heterocycles. The lowest BCUT2D eigenvalue weighted by molar-refractivity contribution is 0.147. The van der Waals surface area contributed by atoms with E-state index in [-0.39, 0.29) is 0 Å². The minimum atomic E-state index is 0.579. The molecule has 11 heavy (non-hydrogen) atoms. The van der Waals surface area contributed by atoms with Crippen molar-refractivity contribution in [1.82, 2.24) is 4.90 Å². The highest BCUT2D eigenvalue weighted by Gasteiger charge is 2.28. The first-order valence-electron chi connectivity index (χ1n) is 4.72. The molecule has 2 fully saturated rings. The standard InChI is InChI=1S/C9H17NO/c1-8-4-2-3-5-10(8)6-9-7-11-9/h8-9H,2-7H2,1H3/t8-,9+/m1/s1. The first kappa shape index (κ1) is 7.56. The van der Waals surface area contributed by atoms with Gasteiger partial charge in [-0.3, -0.25) is 4.90 Å². The van der Waals surface area contributed by atoms with E-state index in [4.69, 9.17) is 4.74 Å². The van der Waals surface area contributed by atoms with Gasteiger partial charge in [-0.2, -0.15) is 0 Å². The molecule has 0 spiro atoms. The number of ether oxygens (including phenoxy) is 1. The van der Waals surface area contributed by atoms with Crippen LogP contribution in [0, 0.1) is 0 Å². The van der Waals surface area contributed by atoms with Crippen LogP contribution in [0.1, 0.15) is 26.2 Å². The third-order valence-corrected chi connectivity index (χ3v) is 2.78. The summed E-state index contributed by atoms with van der Waals surface area (Å²) in [7, 11) is 0. The van der Waals surface area contributed by atoms with E-state index in [2.05, 4.69) is 11.8 Å². The van der Waals surface area contributed by atoms with Gasteiger partial charge in [0.05, 0.1) is 12.7 Å². The third kappa shape index (κ3) is 1.94. The normalized spacial score (nSPS) is 39.0. The average Bonchev–Trinajstić information content (AvgIpc) is 2.78. The highest BCUT2D eigenvalue weighted by molar-refractivity contribution is 4.80. The molecule has 0 saturated carbocycles. The van der Waals surface area contributed by atoms with Crippen LogP contribution in [0.5, 0.6) is 0 Å². The molecule has 2 heteroatoms. The molecule has 2 nitrogen and oxygen atoms in total. The van der Waals surface area contributed by atoms with Crippen LogP contribution in [0.2, 0.25) is 0 Å². The first-order valence-corrected chi connectivity index (χ1v) is 4.72. The minimum Gasteiger partial charge on any atom is -0.372 e. The number of rotatable bonds is 2. The van der Waals surface area contributed by atoms with E-state index >= 15 is 0 Å². The number of likely N-dealkylation sites (tertiary alicyclic amines) is 1. The van der Waals surface area contributed by atoms with Gasteiger partial charge >= 0.3 is 0 Å². The number of hydrogen-bond donors (Lipinski definition) is 0. The van der Waals surface area contributed by atoms with Crippen molar-refractivity contribution < 1.29 is 4.74 Å². The Morgan fingerprint density at radius 3 is 2.91 bits per heavy atom. The molecule has 0 aromatic rings. The molecule has 2 aliphatic heterocycles. The summed E-state index contributed by atoms with van der Waals surface area (Å²) in [5.41, 5.74) is 0. The highest BCUT2D eigenvalue weighted by atomic mass is 16.6. The van der Waals surface area contributed by atoms with Crippen molar-refractivity contribution >= 4 is 0 Å². The summed E-state index contributed by atoms with van der Waals surface area (Å²) in [5.74, 6) is 0. The Kier molecular flexibility index (Phi) is 2.14. The van der Waals surface area contributed by atoms with E-state index in [0.717, 1.165) is 12.6 Å². The molecule has 0 aromatic heterocycles. The monoisotopic (exact) mass is 155 g/mol. The van der Waals surface area contributed by atoms with E-state index in [1.807, 2.05) is 0 Å². The molecule has 0 unspecified atom stereocenters. The molecule has 0 amide bonds. The van der Waals surface area contributed by atoms with Crippen LogP contribution < -0.4 is 0 Å². The van der Waals surface area contributed by atoms with Gasteiger partial charge in [0.2, 0.25) is 0 Å². The van der Waals surface area contributed by atoms with Gasteiger partial charge in [-0.1, -0.05) is 6.42 Å². The summed E-state index contributed by atoms with van der Waals surface area (Å²) in [6.45, 7) is 5.81. The van der Waals surface area contributed by atoms with Crippen molar-refractivity contribution in [1.29, 1.82) is 0 Å². The maximum absolute atomic E-state index is 5.22. The van der Waals surface area contributed by atoms with E-state index in [1.165, 1.54) is 32.4 Å². The molecule has 0 N–H and O–H groups in total. The number of hydrogen-bond acceptors (Lipinski definition) is 2. The average molecular weight is 155 g/mol. The van der Waals surface area contributed by atoms with Gasteiger partial charge in [-0.15, -0.1) is 0 Å². The van der Waals surface area contributed by atoms with Crippen molar-refractivity contribution in [2.24, 2.45) is 0 Å². The predicted molar refractivity (Wildman–Crippen MR) is 44.6 cm³/mol. The predicted octanol–water partition coefficient (Wildman–Crippen LogP) is 1.26. The van der Waals surface area contributed by atoms with Crippen LogP contribution in [-0.4, -0.2) is 36.7 Å². The number of epoxide rings is 1. The Balaban J connectivity index is 1.78. The van der Waals surface area contributed by atoms with Crippen LogP contribution in [0.15, 0.2) is 0 Å². The van der Waals surface area contributed by atoms with Crippen molar-refractivity contribution in [3.05, 3.63) is 0 Å². The largest absolute Gasteiger partial charge is 0.372 e. The molecule has 0 radical (unpaired) electrons. The fourth-order valence-electron chi connectivity index (χ4n) is 1.86. The molecule has 2 heterocycles. The minimum absolute atomic E-state index is 0.579. The Morgan fingerprint density at radius 2 is 2.27 bits per heavy atom. The number of piperidine rings is 1. The van der Waals surface area contributed by atoms with E-state index in [0.29, 0.717) is 6.10 Å². The molecule has 2 aliphatic rings. The molecule has 2 atom stereocenters. The summed E-state index contributed by atoms with van der Waals surface area (Å²) >= 11 is 0. The second-order valence-electron chi connectivity index (χ2n) is 3.80. The summed E-state index contributed by atoms with van der Waals surface area (Å²) < 4.78 is 5.22. The van der Waals surface area contributed by atoms with Crippen molar-refractivity contribution in [3.8, 4) is 0 Å². The van der Waals surface area contributed by atoms with Crippen molar-refractivity contribution in [3.63, 3.8) is 0 Å². The second-order valence-corrected chi connectivity index (χ2v) is 3.80.